The molecule has 3 heterocycles. The van der Waals surface area contributed by atoms with Crippen molar-refractivity contribution >= 4 is 28.4 Å². The van der Waals surface area contributed by atoms with Gasteiger partial charge in [0.25, 0.3) is 11.5 Å². The van der Waals surface area contributed by atoms with Gasteiger partial charge < -0.3 is 14.9 Å². The fraction of sp³-hybridized carbons (Fsp3) is 0.346. The number of aryl methyl sites for hydroxylation is 3. The zero-order chi connectivity index (χ0) is 24.6. The number of hydrogen-bond donors (Lipinski definition) is 2. The predicted molar refractivity (Wildman–Crippen MR) is 136 cm³/mol. The van der Waals surface area contributed by atoms with E-state index in [1.807, 2.05) is 44.6 Å². The molecule has 8 heteroatoms. The smallest absolute Gasteiger partial charge is 0.253 e. The van der Waals surface area contributed by atoms with Gasteiger partial charge in [0.05, 0.1) is 22.3 Å². The Hall–Kier alpha value is -3.32. The molecule has 0 radical (unpaired) electrons. The first kappa shape index (κ1) is 23.8. The number of amides is 1. The number of rotatable bonds is 7. The van der Waals surface area contributed by atoms with Crippen LogP contribution in [0, 0.1) is 6.92 Å². The summed E-state index contributed by atoms with van der Waals surface area (Å²) >= 11 is 6.63. The third-order valence-electron chi connectivity index (χ3n) is 6.03. The van der Waals surface area contributed by atoms with Crippen molar-refractivity contribution < 1.29 is 4.79 Å². The summed E-state index contributed by atoms with van der Waals surface area (Å²) < 4.78 is 3.80. The highest BCUT2D eigenvalue weighted by atomic mass is 35.5. The largest absolute Gasteiger partial charge is 0.348 e. The lowest BCUT2D eigenvalue weighted by Gasteiger charge is -2.14. The second-order valence-electron chi connectivity index (χ2n) is 9.02. The third kappa shape index (κ3) is 4.53. The standard InChI is InChI=1S/C26H30ClN5O2/c1-6-7-17-8-16(4)30-26(34)21(17)12-28-25(33)20-9-18(19-11-29-31(5)13-19)10-23-24(20)22(27)14-32(23)15(2)3/h8-11,13-15H,6-7,12H2,1-5H3,(H,28,33)(H,30,34). The molecule has 0 aliphatic carbocycles. The first-order valence-corrected chi connectivity index (χ1v) is 11.9. The van der Waals surface area contributed by atoms with E-state index in [9.17, 15) is 9.59 Å². The topological polar surface area (TPSA) is 84.7 Å². The van der Waals surface area contributed by atoms with Crippen molar-refractivity contribution in [1.82, 2.24) is 24.6 Å². The number of aromatic nitrogens is 4. The van der Waals surface area contributed by atoms with Crippen molar-refractivity contribution in [2.75, 3.05) is 0 Å². The molecule has 1 aromatic carbocycles. The van der Waals surface area contributed by atoms with Gasteiger partial charge in [-0.25, -0.2) is 0 Å². The van der Waals surface area contributed by atoms with Gasteiger partial charge in [-0.15, -0.1) is 0 Å². The van der Waals surface area contributed by atoms with E-state index in [1.54, 1.807) is 10.9 Å². The van der Waals surface area contributed by atoms with E-state index in [2.05, 4.69) is 40.7 Å². The van der Waals surface area contributed by atoms with Crippen molar-refractivity contribution in [2.24, 2.45) is 7.05 Å². The average molecular weight is 480 g/mol. The van der Waals surface area contributed by atoms with Gasteiger partial charge in [0.2, 0.25) is 0 Å². The maximum absolute atomic E-state index is 13.5. The second kappa shape index (κ2) is 9.50. The molecule has 0 aliphatic rings. The monoisotopic (exact) mass is 479 g/mol. The van der Waals surface area contributed by atoms with E-state index >= 15 is 0 Å². The molecule has 4 rings (SSSR count). The van der Waals surface area contributed by atoms with E-state index in [0.29, 0.717) is 21.5 Å². The Morgan fingerprint density at radius 1 is 1.21 bits per heavy atom. The summed E-state index contributed by atoms with van der Waals surface area (Å²) in [5, 5.41) is 8.46. The summed E-state index contributed by atoms with van der Waals surface area (Å²) in [6.07, 6.45) is 7.24. The van der Waals surface area contributed by atoms with E-state index < -0.39 is 0 Å². The first-order valence-electron chi connectivity index (χ1n) is 11.5. The van der Waals surface area contributed by atoms with Gasteiger partial charge >= 0.3 is 0 Å². The number of pyridine rings is 1. The van der Waals surface area contributed by atoms with E-state index in [0.717, 1.165) is 40.7 Å². The number of fused-ring (bicyclic) bond motifs is 1. The molecule has 1 amide bonds. The molecule has 2 N–H and O–H groups in total. The fourth-order valence-corrected chi connectivity index (χ4v) is 4.72. The van der Waals surface area contributed by atoms with Crippen LogP contribution in [0.25, 0.3) is 22.0 Å². The Morgan fingerprint density at radius 2 is 1.97 bits per heavy atom. The van der Waals surface area contributed by atoms with Crippen molar-refractivity contribution in [1.29, 1.82) is 0 Å². The molecule has 34 heavy (non-hydrogen) atoms. The van der Waals surface area contributed by atoms with Crippen LogP contribution < -0.4 is 10.9 Å². The highest BCUT2D eigenvalue weighted by molar-refractivity contribution is 6.37. The highest BCUT2D eigenvalue weighted by Crippen LogP contribution is 2.35. The number of benzene rings is 1. The third-order valence-corrected chi connectivity index (χ3v) is 6.32. The highest BCUT2D eigenvalue weighted by Gasteiger charge is 2.20. The van der Waals surface area contributed by atoms with Crippen molar-refractivity contribution in [3.63, 3.8) is 0 Å². The van der Waals surface area contributed by atoms with Crippen LogP contribution in [-0.2, 0) is 20.0 Å². The first-order chi connectivity index (χ1) is 16.2. The van der Waals surface area contributed by atoms with E-state index in [1.165, 1.54) is 0 Å². The van der Waals surface area contributed by atoms with Crippen LogP contribution in [0.4, 0.5) is 0 Å². The number of H-pyrrole nitrogens is 1. The van der Waals surface area contributed by atoms with Crippen LogP contribution in [-0.4, -0.2) is 25.2 Å². The summed E-state index contributed by atoms with van der Waals surface area (Å²) in [6.45, 7) is 8.23. The normalized spacial score (nSPS) is 11.5. The lowest BCUT2D eigenvalue weighted by Crippen LogP contribution is -2.28. The Morgan fingerprint density at radius 3 is 2.62 bits per heavy atom. The average Bonchev–Trinajstić information content (AvgIpc) is 3.36. The quantitative estimate of drug-likeness (QED) is 0.384. The predicted octanol–water partition coefficient (Wildman–Crippen LogP) is 5.16. The van der Waals surface area contributed by atoms with Crippen molar-refractivity contribution in [3.8, 4) is 11.1 Å². The van der Waals surface area contributed by atoms with Crippen LogP contribution in [0.2, 0.25) is 5.02 Å². The molecule has 7 nitrogen and oxygen atoms in total. The lowest BCUT2D eigenvalue weighted by molar-refractivity contribution is 0.0952. The van der Waals surface area contributed by atoms with E-state index in [4.69, 9.17) is 11.6 Å². The summed E-state index contributed by atoms with van der Waals surface area (Å²) in [5.41, 5.74) is 5.34. The molecule has 0 aliphatic heterocycles. The molecule has 0 spiro atoms. The zero-order valence-corrected chi connectivity index (χ0v) is 21.0. The molecule has 3 aromatic heterocycles. The molecule has 0 bridgehead atoms. The number of aromatic amines is 1. The van der Waals surface area contributed by atoms with Gasteiger partial charge in [-0.2, -0.15) is 5.10 Å². The fourth-order valence-electron chi connectivity index (χ4n) is 4.42. The van der Waals surface area contributed by atoms with Gasteiger partial charge in [0.15, 0.2) is 0 Å². The van der Waals surface area contributed by atoms with E-state index in [-0.39, 0.29) is 24.1 Å². The molecular weight excluding hydrogens is 450 g/mol. The molecule has 178 valence electrons. The van der Waals surface area contributed by atoms with Gasteiger partial charge in [-0.1, -0.05) is 24.9 Å². The Balaban J connectivity index is 1.78. The zero-order valence-electron chi connectivity index (χ0n) is 20.2. The molecule has 0 saturated carbocycles. The minimum absolute atomic E-state index is 0.144. The number of halogens is 1. The van der Waals surface area contributed by atoms with Crippen LogP contribution in [0.1, 0.15) is 60.4 Å². The molecule has 0 fully saturated rings. The number of hydrogen-bond acceptors (Lipinski definition) is 3. The SMILES string of the molecule is CCCc1cc(C)[nH]c(=O)c1CNC(=O)c1cc(-c2cnn(C)c2)cc2c1c(Cl)cn2C(C)C. The van der Waals surface area contributed by atoms with Crippen molar-refractivity contribution in [3.05, 3.63) is 74.6 Å². The van der Waals surface area contributed by atoms with Gasteiger partial charge in [0, 0.05) is 54.2 Å². The Labute approximate surface area is 203 Å². The maximum atomic E-state index is 13.5. The summed E-state index contributed by atoms with van der Waals surface area (Å²) in [5.74, 6) is -0.276. The van der Waals surface area contributed by atoms with Gasteiger partial charge in [-0.3, -0.25) is 14.3 Å². The Bertz CT molecular complexity index is 1430. The molecule has 0 atom stereocenters. The second-order valence-corrected chi connectivity index (χ2v) is 9.42. The lowest BCUT2D eigenvalue weighted by atomic mass is 10.0. The molecule has 0 saturated heterocycles. The summed E-state index contributed by atoms with van der Waals surface area (Å²) in [4.78, 5) is 29.0. The molecule has 4 aromatic rings. The summed E-state index contributed by atoms with van der Waals surface area (Å²) in [7, 11) is 1.86. The number of carbonyl (C=O) groups excluding carboxylic acids is 1. The summed E-state index contributed by atoms with van der Waals surface area (Å²) in [6, 6.07) is 6.03. The Kier molecular flexibility index (Phi) is 6.66. The minimum atomic E-state index is -0.276. The number of nitrogens with zero attached hydrogens (tertiary/aromatic N) is 3. The van der Waals surface area contributed by atoms with Crippen LogP contribution >= 0.6 is 11.6 Å². The molecule has 0 unspecified atom stereocenters. The minimum Gasteiger partial charge on any atom is -0.348 e. The van der Waals surface area contributed by atoms with Gasteiger partial charge in [0.1, 0.15) is 0 Å². The number of carbonyl (C=O) groups is 1. The number of nitrogens with one attached hydrogen (secondary N) is 2. The maximum Gasteiger partial charge on any atom is 0.253 e. The van der Waals surface area contributed by atoms with Crippen LogP contribution in [0.5, 0.6) is 0 Å². The molecular formula is C26H30ClN5O2. The van der Waals surface area contributed by atoms with Crippen molar-refractivity contribution in [2.45, 2.75) is 53.1 Å². The van der Waals surface area contributed by atoms with Crippen LogP contribution in [0.3, 0.4) is 0 Å². The van der Waals surface area contributed by atoms with Crippen LogP contribution in [0.15, 0.2) is 41.6 Å². The van der Waals surface area contributed by atoms with Gasteiger partial charge in [-0.05, 0) is 56.5 Å².